The van der Waals surface area contributed by atoms with Crippen molar-refractivity contribution in [3.05, 3.63) is 58.6 Å². The summed E-state index contributed by atoms with van der Waals surface area (Å²) in [5.41, 5.74) is 1.95. The Morgan fingerprint density at radius 3 is 2.61 bits per heavy atom. The first-order valence-electron chi connectivity index (χ1n) is 9.35. The van der Waals surface area contributed by atoms with Crippen molar-refractivity contribution in [2.75, 3.05) is 20.3 Å². The smallest absolute Gasteiger partial charge is 0.222 e. The quantitative estimate of drug-likeness (QED) is 0.665. The second kappa shape index (κ2) is 11.3. The Bertz CT molecular complexity index is 837. The van der Waals surface area contributed by atoms with E-state index in [1.165, 1.54) is 0 Å². The molecule has 5 heteroatoms. The summed E-state index contributed by atoms with van der Waals surface area (Å²) in [6.45, 7) is 4.79. The van der Waals surface area contributed by atoms with Gasteiger partial charge >= 0.3 is 0 Å². The largest absolute Gasteiger partial charge is 0.493 e. The molecule has 0 aliphatic heterocycles. The number of hydrogen-bond donors (Lipinski definition) is 1. The molecule has 0 fully saturated rings. The molecule has 1 unspecified atom stereocenters. The van der Waals surface area contributed by atoms with Crippen LogP contribution in [0.15, 0.2) is 42.5 Å². The lowest BCUT2D eigenvalue weighted by Crippen LogP contribution is -2.30. The van der Waals surface area contributed by atoms with Gasteiger partial charge in [-0.3, -0.25) is 4.79 Å². The Balaban J connectivity index is 1.88. The highest BCUT2D eigenvalue weighted by atomic mass is 35.5. The average Bonchev–Trinajstić information content (AvgIpc) is 2.72. The minimum absolute atomic E-state index is 0.0410. The summed E-state index contributed by atoms with van der Waals surface area (Å²) in [6, 6.07) is 13.1. The van der Waals surface area contributed by atoms with E-state index in [1.54, 1.807) is 19.2 Å². The van der Waals surface area contributed by atoms with Crippen molar-refractivity contribution in [3.8, 4) is 23.3 Å². The standard InChI is InChI=1S/C23H26ClNO3/c1-4-17(2)23(26)25-14-13-19-9-12-21(22(16-19)27-3)28-15-5-6-18-7-10-20(24)11-8-18/h7-12,16-17H,4,13-15H2,1-3H3,(H,25,26). The molecule has 2 aromatic rings. The fourth-order valence-electron chi connectivity index (χ4n) is 2.46. The predicted molar refractivity (Wildman–Crippen MR) is 113 cm³/mol. The van der Waals surface area contributed by atoms with Gasteiger partial charge in [-0.15, -0.1) is 0 Å². The van der Waals surface area contributed by atoms with Crippen LogP contribution in [0, 0.1) is 17.8 Å². The Morgan fingerprint density at radius 1 is 1.18 bits per heavy atom. The van der Waals surface area contributed by atoms with E-state index in [2.05, 4.69) is 17.2 Å². The molecule has 0 aromatic heterocycles. The van der Waals surface area contributed by atoms with Crippen LogP contribution in [-0.4, -0.2) is 26.2 Å². The van der Waals surface area contributed by atoms with E-state index in [9.17, 15) is 4.79 Å². The molecule has 0 bridgehead atoms. The van der Waals surface area contributed by atoms with Crippen LogP contribution >= 0.6 is 11.6 Å². The number of hydrogen-bond acceptors (Lipinski definition) is 3. The van der Waals surface area contributed by atoms with Crippen LogP contribution in [0.25, 0.3) is 0 Å². The molecule has 0 saturated carbocycles. The minimum atomic E-state index is 0.0410. The van der Waals surface area contributed by atoms with Gasteiger partial charge in [-0.2, -0.15) is 0 Å². The molecule has 4 nitrogen and oxygen atoms in total. The molecule has 0 heterocycles. The molecular weight excluding hydrogens is 374 g/mol. The van der Waals surface area contributed by atoms with Crippen LogP contribution < -0.4 is 14.8 Å². The van der Waals surface area contributed by atoms with Gasteiger partial charge in [0.15, 0.2) is 11.5 Å². The molecule has 0 aliphatic rings. The van der Waals surface area contributed by atoms with E-state index in [1.807, 2.05) is 44.2 Å². The summed E-state index contributed by atoms with van der Waals surface area (Å²) >= 11 is 5.86. The fraction of sp³-hybridized carbons (Fsp3) is 0.348. The summed E-state index contributed by atoms with van der Waals surface area (Å²) in [7, 11) is 1.61. The Labute approximate surface area is 172 Å². The topological polar surface area (TPSA) is 47.6 Å². The maximum absolute atomic E-state index is 11.8. The molecule has 2 aromatic carbocycles. The molecule has 1 N–H and O–H groups in total. The van der Waals surface area contributed by atoms with Crippen molar-refractivity contribution in [1.82, 2.24) is 5.32 Å². The number of rotatable bonds is 8. The van der Waals surface area contributed by atoms with E-state index in [4.69, 9.17) is 21.1 Å². The van der Waals surface area contributed by atoms with Crippen LogP contribution in [0.3, 0.4) is 0 Å². The summed E-state index contributed by atoms with van der Waals surface area (Å²) in [4.78, 5) is 11.8. The normalized spacial score (nSPS) is 11.1. The summed E-state index contributed by atoms with van der Waals surface area (Å²) < 4.78 is 11.1. The first-order chi connectivity index (χ1) is 13.5. The number of amides is 1. The first kappa shape index (κ1) is 21.7. The van der Waals surface area contributed by atoms with Crippen LogP contribution in [0.1, 0.15) is 31.4 Å². The van der Waals surface area contributed by atoms with E-state index in [-0.39, 0.29) is 18.4 Å². The molecule has 0 radical (unpaired) electrons. The summed E-state index contributed by atoms with van der Waals surface area (Å²) in [5, 5.41) is 3.64. The number of carbonyl (C=O) groups is 1. The Morgan fingerprint density at radius 2 is 1.93 bits per heavy atom. The molecule has 0 aliphatic carbocycles. The average molecular weight is 400 g/mol. The van der Waals surface area contributed by atoms with Crippen LogP contribution in [0.4, 0.5) is 0 Å². The van der Waals surface area contributed by atoms with Gasteiger partial charge in [0, 0.05) is 23.0 Å². The molecule has 0 saturated heterocycles. The molecule has 1 amide bonds. The lowest BCUT2D eigenvalue weighted by atomic mass is 10.1. The second-order valence-electron chi connectivity index (χ2n) is 6.43. The highest BCUT2D eigenvalue weighted by molar-refractivity contribution is 6.30. The summed E-state index contributed by atoms with van der Waals surface area (Å²) in [5.74, 6) is 7.43. The Kier molecular flexibility index (Phi) is 8.71. The van der Waals surface area contributed by atoms with Crippen molar-refractivity contribution in [2.24, 2.45) is 5.92 Å². The van der Waals surface area contributed by atoms with Gasteiger partial charge in [0.05, 0.1) is 7.11 Å². The number of nitrogens with one attached hydrogen (secondary N) is 1. The zero-order chi connectivity index (χ0) is 20.4. The maximum atomic E-state index is 11.8. The number of carbonyl (C=O) groups excluding carboxylic acids is 1. The van der Waals surface area contributed by atoms with E-state index < -0.39 is 0 Å². The van der Waals surface area contributed by atoms with Gasteiger partial charge in [-0.1, -0.05) is 43.4 Å². The van der Waals surface area contributed by atoms with E-state index in [0.717, 1.165) is 24.0 Å². The lowest BCUT2D eigenvalue weighted by molar-refractivity contribution is -0.124. The molecule has 28 heavy (non-hydrogen) atoms. The van der Waals surface area contributed by atoms with Crippen LogP contribution in [-0.2, 0) is 11.2 Å². The molecular formula is C23H26ClNO3. The molecule has 0 spiro atoms. The monoisotopic (exact) mass is 399 g/mol. The van der Waals surface area contributed by atoms with Gasteiger partial charge in [-0.05, 0) is 54.8 Å². The highest BCUT2D eigenvalue weighted by Crippen LogP contribution is 2.28. The number of halogens is 1. The maximum Gasteiger partial charge on any atom is 0.222 e. The zero-order valence-corrected chi connectivity index (χ0v) is 17.3. The van der Waals surface area contributed by atoms with Crippen LogP contribution in [0.5, 0.6) is 11.5 Å². The summed E-state index contributed by atoms with van der Waals surface area (Å²) in [6.07, 6.45) is 1.57. The van der Waals surface area contributed by atoms with Crippen molar-refractivity contribution in [1.29, 1.82) is 0 Å². The van der Waals surface area contributed by atoms with Crippen molar-refractivity contribution in [3.63, 3.8) is 0 Å². The third-order valence-electron chi connectivity index (χ3n) is 4.38. The van der Waals surface area contributed by atoms with Crippen molar-refractivity contribution in [2.45, 2.75) is 26.7 Å². The minimum Gasteiger partial charge on any atom is -0.493 e. The number of methoxy groups -OCH3 is 1. The number of ether oxygens (including phenoxy) is 2. The molecule has 2 rings (SSSR count). The Hall–Kier alpha value is -2.64. The predicted octanol–water partition coefficient (Wildman–Crippen LogP) is 4.48. The van der Waals surface area contributed by atoms with Gasteiger partial charge in [-0.25, -0.2) is 0 Å². The third-order valence-corrected chi connectivity index (χ3v) is 4.63. The molecule has 1 atom stereocenters. The van der Waals surface area contributed by atoms with Crippen molar-refractivity contribution < 1.29 is 14.3 Å². The first-order valence-corrected chi connectivity index (χ1v) is 9.73. The SMILES string of the molecule is CCC(C)C(=O)NCCc1ccc(OCC#Cc2ccc(Cl)cc2)c(OC)c1. The molecule has 148 valence electrons. The van der Waals surface area contributed by atoms with Gasteiger partial charge in [0.2, 0.25) is 5.91 Å². The third kappa shape index (κ3) is 6.83. The van der Waals surface area contributed by atoms with Gasteiger partial charge in [0.1, 0.15) is 6.61 Å². The lowest BCUT2D eigenvalue weighted by Gasteiger charge is -2.12. The second-order valence-corrected chi connectivity index (χ2v) is 6.87. The number of benzene rings is 2. The highest BCUT2D eigenvalue weighted by Gasteiger charge is 2.10. The van der Waals surface area contributed by atoms with Gasteiger partial charge < -0.3 is 14.8 Å². The fourth-order valence-corrected chi connectivity index (χ4v) is 2.59. The van der Waals surface area contributed by atoms with Gasteiger partial charge in [0.25, 0.3) is 0 Å². The zero-order valence-electron chi connectivity index (χ0n) is 16.5. The van der Waals surface area contributed by atoms with Crippen molar-refractivity contribution >= 4 is 17.5 Å². The van der Waals surface area contributed by atoms with E-state index in [0.29, 0.717) is 23.1 Å². The van der Waals surface area contributed by atoms with E-state index >= 15 is 0 Å². The van der Waals surface area contributed by atoms with Crippen LogP contribution in [0.2, 0.25) is 5.02 Å².